The van der Waals surface area contributed by atoms with Crippen molar-refractivity contribution in [3.8, 4) is 0 Å². The van der Waals surface area contributed by atoms with Gasteiger partial charge in [0.2, 0.25) is 0 Å². The van der Waals surface area contributed by atoms with Gasteiger partial charge in [-0.1, -0.05) is 65.5 Å². The first kappa shape index (κ1) is 16.7. The first-order valence-electron chi connectivity index (χ1n) is 7.83. The Labute approximate surface area is 122 Å². The zero-order valence-corrected chi connectivity index (χ0v) is 13.1. The van der Waals surface area contributed by atoms with Crippen LogP contribution in [0.4, 0.5) is 5.69 Å². The largest absolute Gasteiger partial charge is 0.269 e. The van der Waals surface area contributed by atoms with Gasteiger partial charge < -0.3 is 0 Å². The fourth-order valence-corrected chi connectivity index (χ4v) is 3.34. The van der Waals surface area contributed by atoms with Crippen molar-refractivity contribution in [1.82, 2.24) is 0 Å². The van der Waals surface area contributed by atoms with Gasteiger partial charge in [0.05, 0.1) is 4.92 Å². The van der Waals surface area contributed by atoms with Crippen molar-refractivity contribution in [2.45, 2.75) is 59.3 Å². The Kier molecular flexibility index (Phi) is 6.69. The molecule has 0 radical (unpaired) electrons. The molecule has 0 aromatic heterocycles. The van der Waals surface area contributed by atoms with E-state index in [1.807, 2.05) is 12.1 Å². The molecule has 0 unspecified atom stereocenters. The molecular weight excluding hydrogens is 250 g/mol. The second-order valence-corrected chi connectivity index (χ2v) is 5.53. The Morgan fingerprint density at radius 3 is 1.60 bits per heavy atom. The molecule has 0 spiro atoms. The summed E-state index contributed by atoms with van der Waals surface area (Å²) in [6.07, 6.45) is 4.65. The van der Waals surface area contributed by atoms with Gasteiger partial charge in [-0.25, -0.2) is 0 Å². The van der Waals surface area contributed by atoms with E-state index in [1.54, 1.807) is 12.1 Å². The number of hydrogen-bond donors (Lipinski definition) is 0. The lowest BCUT2D eigenvalue weighted by Gasteiger charge is -2.32. The number of nitro groups is 1. The lowest BCUT2D eigenvalue weighted by atomic mass is 9.72. The van der Waals surface area contributed by atoms with E-state index in [-0.39, 0.29) is 10.6 Å². The van der Waals surface area contributed by atoms with Crippen LogP contribution in [0.15, 0.2) is 24.3 Å². The molecule has 0 aliphatic rings. The van der Waals surface area contributed by atoms with Crippen LogP contribution in [0.3, 0.4) is 0 Å². The van der Waals surface area contributed by atoms with Crippen molar-refractivity contribution in [3.63, 3.8) is 0 Å². The van der Waals surface area contributed by atoms with E-state index in [0.717, 1.165) is 25.7 Å². The minimum absolute atomic E-state index is 0.182. The fraction of sp³-hybridized carbons (Fsp3) is 0.647. The SMILES string of the molecule is CCC(CC)C(c1ccc([N+](=O)[O-])cc1)C(CC)CC. The number of benzene rings is 1. The van der Waals surface area contributed by atoms with Gasteiger partial charge >= 0.3 is 0 Å². The topological polar surface area (TPSA) is 43.1 Å². The maximum Gasteiger partial charge on any atom is 0.269 e. The van der Waals surface area contributed by atoms with Crippen LogP contribution in [0.5, 0.6) is 0 Å². The van der Waals surface area contributed by atoms with E-state index >= 15 is 0 Å². The number of hydrogen-bond acceptors (Lipinski definition) is 2. The summed E-state index contributed by atoms with van der Waals surface area (Å²) >= 11 is 0. The second-order valence-electron chi connectivity index (χ2n) is 5.53. The van der Waals surface area contributed by atoms with Crippen LogP contribution in [-0.2, 0) is 0 Å². The lowest BCUT2D eigenvalue weighted by molar-refractivity contribution is -0.384. The average molecular weight is 277 g/mol. The van der Waals surface area contributed by atoms with Crippen LogP contribution in [0.2, 0.25) is 0 Å². The van der Waals surface area contributed by atoms with Crippen molar-refractivity contribution in [2.75, 3.05) is 0 Å². The third kappa shape index (κ3) is 3.81. The van der Waals surface area contributed by atoms with Crippen LogP contribution in [0.1, 0.15) is 64.9 Å². The van der Waals surface area contributed by atoms with E-state index in [1.165, 1.54) is 5.56 Å². The lowest BCUT2D eigenvalue weighted by Crippen LogP contribution is -2.20. The van der Waals surface area contributed by atoms with Gasteiger partial charge in [-0.15, -0.1) is 0 Å². The molecule has 1 aromatic rings. The van der Waals surface area contributed by atoms with Crippen LogP contribution in [0.25, 0.3) is 0 Å². The van der Waals surface area contributed by atoms with Crippen LogP contribution >= 0.6 is 0 Å². The van der Waals surface area contributed by atoms with Gasteiger partial charge in [-0.05, 0) is 23.3 Å². The van der Waals surface area contributed by atoms with Crippen LogP contribution in [-0.4, -0.2) is 4.92 Å². The van der Waals surface area contributed by atoms with E-state index in [2.05, 4.69) is 27.7 Å². The summed E-state index contributed by atoms with van der Waals surface area (Å²) in [4.78, 5) is 10.5. The molecular formula is C17H27NO2. The van der Waals surface area contributed by atoms with Crippen molar-refractivity contribution in [2.24, 2.45) is 11.8 Å². The maximum atomic E-state index is 10.8. The number of rotatable bonds is 8. The minimum Gasteiger partial charge on any atom is -0.258 e. The van der Waals surface area contributed by atoms with E-state index in [9.17, 15) is 10.1 Å². The van der Waals surface area contributed by atoms with Gasteiger partial charge in [-0.2, -0.15) is 0 Å². The molecule has 0 fully saturated rings. The summed E-state index contributed by atoms with van der Waals surface area (Å²) in [7, 11) is 0. The highest BCUT2D eigenvalue weighted by Crippen LogP contribution is 2.39. The van der Waals surface area contributed by atoms with Gasteiger partial charge in [0, 0.05) is 12.1 Å². The van der Waals surface area contributed by atoms with Crippen LogP contribution in [0, 0.1) is 22.0 Å². The Morgan fingerprint density at radius 1 is 0.900 bits per heavy atom. The van der Waals surface area contributed by atoms with Gasteiger partial charge in [0.15, 0.2) is 0 Å². The van der Waals surface area contributed by atoms with Crippen LogP contribution < -0.4 is 0 Å². The predicted octanol–water partition coefficient (Wildman–Crippen LogP) is 5.55. The summed E-state index contributed by atoms with van der Waals surface area (Å²) in [6.45, 7) is 8.98. The molecule has 1 rings (SSSR count). The molecule has 3 nitrogen and oxygen atoms in total. The van der Waals surface area contributed by atoms with Crippen molar-refractivity contribution >= 4 is 5.69 Å². The first-order chi connectivity index (χ1) is 9.58. The fourth-order valence-electron chi connectivity index (χ4n) is 3.34. The molecule has 0 saturated heterocycles. The van der Waals surface area contributed by atoms with E-state index in [0.29, 0.717) is 17.8 Å². The molecule has 0 N–H and O–H groups in total. The van der Waals surface area contributed by atoms with Gasteiger partial charge in [-0.3, -0.25) is 10.1 Å². The predicted molar refractivity (Wildman–Crippen MR) is 84.0 cm³/mol. The molecule has 1 aromatic carbocycles. The third-order valence-electron chi connectivity index (χ3n) is 4.60. The highest BCUT2D eigenvalue weighted by atomic mass is 16.6. The molecule has 0 atom stereocenters. The monoisotopic (exact) mass is 277 g/mol. The quantitative estimate of drug-likeness (QED) is 0.461. The zero-order valence-electron chi connectivity index (χ0n) is 13.1. The molecule has 0 aliphatic heterocycles. The molecule has 3 heteroatoms. The molecule has 20 heavy (non-hydrogen) atoms. The summed E-state index contributed by atoms with van der Waals surface area (Å²) in [5.41, 5.74) is 1.44. The Balaban J connectivity index is 3.11. The zero-order chi connectivity index (χ0) is 15.1. The second kappa shape index (κ2) is 8.03. The van der Waals surface area contributed by atoms with E-state index < -0.39 is 0 Å². The molecule has 0 saturated carbocycles. The number of nitrogens with zero attached hydrogens (tertiary/aromatic N) is 1. The third-order valence-corrected chi connectivity index (χ3v) is 4.60. The number of nitro benzene ring substituents is 1. The molecule has 0 heterocycles. The minimum atomic E-state index is -0.326. The van der Waals surface area contributed by atoms with Crippen molar-refractivity contribution in [3.05, 3.63) is 39.9 Å². The highest BCUT2D eigenvalue weighted by molar-refractivity contribution is 5.35. The normalized spacial score (nSPS) is 11.6. The molecule has 0 aliphatic carbocycles. The van der Waals surface area contributed by atoms with Crippen molar-refractivity contribution < 1.29 is 4.92 Å². The number of non-ortho nitro benzene ring substituents is 1. The van der Waals surface area contributed by atoms with Crippen molar-refractivity contribution in [1.29, 1.82) is 0 Å². The summed E-state index contributed by atoms with van der Waals surface area (Å²) < 4.78 is 0. The first-order valence-corrected chi connectivity index (χ1v) is 7.83. The maximum absolute atomic E-state index is 10.8. The standard InChI is InChI=1S/C17H27NO2/c1-5-13(6-2)17(14(7-3)8-4)15-9-11-16(12-10-15)18(19)20/h9-14,17H,5-8H2,1-4H3. The Bertz CT molecular complexity index is 394. The Morgan fingerprint density at radius 2 is 1.30 bits per heavy atom. The summed E-state index contributed by atoms with van der Waals surface area (Å²) in [5, 5.41) is 10.8. The summed E-state index contributed by atoms with van der Waals surface area (Å²) in [6, 6.07) is 7.21. The molecule has 0 bridgehead atoms. The van der Waals surface area contributed by atoms with Gasteiger partial charge in [0.25, 0.3) is 5.69 Å². The van der Waals surface area contributed by atoms with E-state index in [4.69, 9.17) is 0 Å². The smallest absolute Gasteiger partial charge is 0.258 e. The Hall–Kier alpha value is -1.38. The average Bonchev–Trinajstić information content (AvgIpc) is 2.48. The molecule has 112 valence electrons. The molecule has 0 amide bonds. The summed E-state index contributed by atoms with van der Waals surface area (Å²) in [5.74, 6) is 1.82. The highest BCUT2D eigenvalue weighted by Gasteiger charge is 2.27. The van der Waals surface area contributed by atoms with Gasteiger partial charge in [0.1, 0.15) is 0 Å².